The van der Waals surface area contributed by atoms with E-state index in [0.29, 0.717) is 3.57 Å². The fourth-order valence-corrected chi connectivity index (χ4v) is 2.65. The van der Waals surface area contributed by atoms with Crippen LogP contribution in [0, 0.1) is 14.9 Å². The van der Waals surface area contributed by atoms with Gasteiger partial charge in [-0.1, -0.05) is 0 Å². The summed E-state index contributed by atoms with van der Waals surface area (Å²) in [5, 5.41) is 17.8. The first kappa shape index (κ1) is 16.4. The maximum absolute atomic E-state index is 12.9. The zero-order valence-electron chi connectivity index (χ0n) is 10.9. The highest BCUT2D eigenvalue weighted by Crippen LogP contribution is 2.35. The lowest BCUT2D eigenvalue weighted by molar-refractivity contribution is -0.138. The van der Waals surface area contributed by atoms with Crippen molar-refractivity contribution in [3.8, 4) is 17.2 Å². The van der Waals surface area contributed by atoms with Crippen molar-refractivity contribution < 1.29 is 23.1 Å². The number of hydrogen-bond donors (Lipinski definition) is 1. The summed E-state index contributed by atoms with van der Waals surface area (Å²) < 4.78 is 40.2. The first-order valence-electron chi connectivity index (χ1n) is 5.90. The van der Waals surface area contributed by atoms with Crippen LogP contribution in [0.1, 0.15) is 11.1 Å². The van der Waals surface area contributed by atoms with E-state index in [1.807, 2.05) is 6.07 Å². The van der Waals surface area contributed by atoms with Gasteiger partial charge < -0.3 is 9.67 Å². The Labute approximate surface area is 136 Å². The summed E-state index contributed by atoms with van der Waals surface area (Å²) in [6.45, 7) is -0.370. The maximum atomic E-state index is 12.9. The van der Waals surface area contributed by atoms with E-state index in [4.69, 9.17) is 10.4 Å². The van der Waals surface area contributed by atoms with Crippen LogP contribution in [-0.4, -0.2) is 15.6 Å². The van der Waals surface area contributed by atoms with Crippen molar-refractivity contribution in [1.82, 2.24) is 4.57 Å². The number of hydrogen-bond acceptors (Lipinski definition) is 2. The average molecular weight is 420 g/mol. The van der Waals surface area contributed by atoms with Crippen molar-refractivity contribution >= 4 is 28.6 Å². The lowest BCUT2D eigenvalue weighted by Crippen LogP contribution is -2.06. The molecule has 0 unspecified atom stereocenters. The van der Waals surface area contributed by atoms with Crippen LogP contribution in [-0.2, 0) is 17.5 Å². The molecule has 1 aromatic carbocycles. The Hall–Kier alpha value is -2.02. The number of aliphatic carboxylic acids is 1. The molecule has 0 aliphatic carbocycles. The van der Waals surface area contributed by atoms with Gasteiger partial charge in [0.05, 0.1) is 11.1 Å². The van der Waals surface area contributed by atoms with Crippen molar-refractivity contribution in [1.29, 1.82) is 5.26 Å². The summed E-state index contributed by atoms with van der Waals surface area (Å²) in [4.78, 5) is 10.7. The normalized spacial score (nSPS) is 11.2. The van der Waals surface area contributed by atoms with Crippen LogP contribution in [0.3, 0.4) is 0 Å². The molecule has 0 saturated carbocycles. The molecule has 0 bridgehead atoms. The zero-order chi connectivity index (χ0) is 16.5. The Morgan fingerprint density at radius 2 is 2.00 bits per heavy atom. The summed E-state index contributed by atoms with van der Waals surface area (Å²) >= 11 is 1.76. The average Bonchev–Trinajstić information content (AvgIpc) is 2.79. The number of rotatable bonds is 3. The van der Waals surface area contributed by atoms with Crippen molar-refractivity contribution in [2.75, 3.05) is 0 Å². The number of carboxylic acids is 1. The number of nitriles is 1. The summed E-state index contributed by atoms with van der Waals surface area (Å²) in [6, 6.07) is 5.33. The quantitative estimate of drug-likeness (QED) is 0.770. The number of halogens is 4. The molecule has 8 heteroatoms. The maximum Gasteiger partial charge on any atom is 0.416 e. The Morgan fingerprint density at radius 3 is 2.55 bits per heavy atom. The highest BCUT2D eigenvalue weighted by molar-refractivity contribution is 14.1. The molecular formula is C14H8F3IN2O2. The molecule has 2 aromatic rings. The Kier molecular flexibility index (Phi) is 4.46. The van der Waals surface area contributed by atoms with Crippen LogP contribution < -0.4 is 0 Å². The standard InChI is InChI=1S/C14H8F3IN2O2/c15-14(16,17)10-1-8(2-11(18)3-10)12-6-20(7-13(21)22)5-9(12)4-19/h1-3,5-6H,7H2,(H,21,22). The fourth-order valence-electron chi connectivity index (χ4n) is 1.98. The van der Waals surface area contributed by atoms with Crippen LogP contribution in [0.5, 0.6) is 0 Å². The Morgan fingerprint density at radius 1 is 1.32 bits per heavy atom. The van der Waals surface area contributed by atoms with E-state index in [2.05, 4.69) is 0 Å². The largest absolute Gasteiger partial charge is 0.480 e. The molecule has 0 aliphatic rings. The van der Waals surface area contributed by atoms with Gasteiger partial charge in [0.25, 0.3) is 0 Å². The molecule has 0 saturated heterocycles. The number of alkyl halides is 3. The SMILES string of the molecule is N#Cc1cn(CC(=O)O)cc1-c1cc(I)cc(C(F)(F)F)c1. The molecule has 114 valence electrons. The lowest BCUT2D eigenvalue weighted by Gasteiger charge is -2.09. The highest BCUT2D eigenvalue weighted by Gasteiger charge is 2.31. The van der Waals surface area contributed by atoms with E-state index in [1.165, 1.54) is 23.0 Å². The third-order valence-corrected chi connectivity index (χ3v) is 3.48. The van der Waals surface area contributed by atoms with Gasteiger partial charge in [0.2, 0.25) is 0 Å². The van der Waals surface area contributed by atoms with Gasteiger partial charge in [0, 0.05) is 21.5 Å². The summed E-state index contributed by atoms with van der Waals surface area (Å²) in [5.41, 5.74) is -0.201. The molecule has 0 aliphatic heterocycles. The molecule has 1 heterocycles. The van der Waals surface area contributed by atoms with Gasteiger partial charge in [-0.3, -0.25) is 4.79 Å². The first-order valence-corrected chi connectivity index (χ1v) is 6.98. The minimum Gasteiger partial charge on any atom is -0.480 e. The molecule has 0 atom stereocenters. The lowest BCUT2D eigenvalue weighted by atomic mass is 10.0. The van der Waals surface area contributed by atoms with Crippen molar-refractivity contribution in [3.63, 3.8) is 0 Å². The van der Waals surface area contributed by atoms with Crippen LogP contribution in [0.4, 0.5) is 13.2 Å². The molecule has 0 spiro atoms. The molecule has 1 aromatic heterocycles. The van der Waals surface area contributed by atoms with E-state index in [1.54, 1.807) is 22.6 Å². The van der Waals surface area contributed by atoms with Gasteiger partial charge in [0.15, 0.2) is 0 Å². The minimum absolute atomic E-state index is 0.122. The van der Waals surface area contributed by atoms with Gasteiger partial charge >= 0.3 is 12.1 Å². The molecule has 22 heavy (non-hydrogen) atoms. The van der Waals surface area contributed by atoms with E-state index in [0.717, 1.165) is 12.1 Å². The predicted octanol–water partition coefficient (Wildman–Crippen LogP) is 3.73. The fraction of sp³-hybridized carbons (Fsp3) is 0.143. The van der Waals surface area contributed by atoms with E-state index in [9.17, 15) is 18.0 Å². The van der Waals surface area contributed by atoms with Gasteiger partial charge in [-0.2, -0.15) is 18.4 Å². The second kappa shape index (κ2) is 6.00. The monoisotopic (exact) mass is 420 g/mol. The van der Waals surface area contributed by atoms with Crippen LogP contribution in [0.25, 0.3) is 11.1 Å². The molecule has 0 amide bonds. The first-order chi connectivity index (χ1) is 10.2. The predicted molar refractivity (Wildman–Crippen MR) is 79.9 cm³/mol. The van der Waals surface area contributed by atoms with E-state index in [-0.39, 0.29) is 23.2 Å². The zero-order valence-corrected chi connectivity index (χ0v) is 13.0. The number of carboxylic acid groups (broad SMARTS) is 1. The minimum atomic E-state index is -4.49. The van der Waals surface area contributed by atoms with E-state index < -0.39 is 17.7 Å². The van der Waals surface area contributed by atoms with Crippen molar-refractivity contribution in [2.45, 2.75) is 12.7 Å². The van der Waals surface area contributed by atoms with Crippen LogP contribution in [0.15, 0.2) is 30.6 Å². The van der Waals surface area contributed by atoms with Gasteiger partial charge in [-0.15, -0.1) is 0 Å². The molecule has 2 rings (SSSR count). The third-order valence-electron chi connectivity index (χ3n) is 2.85. The highest BCUT2D eigenvalue weighted by atomic mass is 127. The van der Waals surface area contributed by atoms with Crippen molar-refractivity contribution in [3.05, 3.63) is 45.3 Å². The van der Waals surface area contributed by atoms with Crippen LogP contribution >= 0.6 is 22.6 Å². The molecule has 0 fully saturated rings. The summed E-state index contributed by atoms with van der Waals surface area (Å²) in [6.07, 6.45) is -1.83. The topological polar surface area (TPSA) is 66.0 Å². The number of benzene rings is 1. The number of nitrogens with zero attached hydrogens (tertiary/aromatic N) is 2. The molecule has 1 N–H and O–H groups in total. The van der Waals surface area contributed by atoms with Crippen molar-refractivity contribution in [2.24, 2.45) is 0 Å². The number of aromatic nitrogens is 1. The Balaban J connectivity index is 2.56. The second-order valence-corrected chi connectivity index (χ2v) is 5.74. The second-order valence-electron chi connectivity index (χ2n) is 4.49. The van der Waals surface area contributed by atoms with Crippen LogP contribution in [0.2, 0.25) is 0 Å². The van der Waals surface area contributed by atoms with Gasteiger partial charge in [-0.05, 0) is 46.4 Å². The molecule has 0 radical (unpaired) electrons. The summed E-state index contributed by atoms with van der Waals surface area (Å²) in [5.74, 6) is -1.11. The smallest absolute Gasteiger partial charge is 0.416 e. The summed E-state index contributed by atoms with van der Waals surface area (Å²) in [7, 11) is 0. The third kappa shape index (κ3) is 3.59. The number of carbonyl (C=O) groups is 1. The van der Waals surface area contributed by atoms with Gasteiger partial charge in [0.1, 0.15) is 12.6 Å². The molecule has 4 nitrogen and oxygen atoms in total. The molecular weight excluding hydrogens is 412 g/mol. The van der Waals surface area contributed by atoms with E-state index >= 15 is 0 Å². The Bertz CT molecular complexity index is 775. The van der Waals surface area contributed by atoms with Gasteiger partial charge in [-0.25, -0.2) is 0 Å².